The van der Waals surface area contributed by atoms with Crippen molar-refractivity contribution in [1.29, 1.82) is 5.26 Å². The van der Waals surface area contributed by atoms with Crippen LogP contribution in [0.2, 0.25) is 0 Å². The summed E-state index contributed by atoms with van der Waals surface area (Å²) in [6.07, 6.45) is 5.95. The number of carbonyl (C=O) groups excluding carboxylic acids is 1. The van der Waals surface area contributed by atoms with Gasteiger partial charge in [0.1, 0.15) is 11.9 Å². The standard InChI is InChI=1S/C25H28BrN5O2/c1-30(12-13-31(2)25(32)17-6-4-3-5-7-17)19-10-8-18(9-11-19)29-24-23(26)21-14-20(15-27)33-22(21)16-28-24/h3-7,14,16,18-19H,8-13H2,1-2H3,(H,28,29). The molecule has 1 aromatic carbocycles. The number of benzene rings is 1. The van der Waals surface area contributed by atoms with Gasteiger partial charge >= 0.3 is 0 Å². The van der Waals surface area contributed by atoms with E-state index in [-0.39, 0.29) is 11.7 Å². The Morgan fingerprint density at radius 2 is 1.94 bits per heavy atom. The predicted molar refractivity (Wildman–Crippen MR) is 132 cm³/mol. The molecule has 1 fully saturated rings. The predicted octanol–water partition coefficient (Wildman–Crippen LogP) is 4.89. The molecule has 0 saturated heterocycles. The van der Waals surface area contributed by atoms with E-state index in [9.17, 15) is 4.79 Å². The minimum Gasteiger partial charge on any atom is -0.444 e. The number of furan rings is 1. The number of pyridine rings is 1. The molecule has 0 bridgehead atoms. The molecule has 8 heteroatoms. The fourth-order valence-corrected chi connectivity index (χ4v) is 4.91. The number of nitriles is 1. The van der Waals surface area contributed by atoms with Crippen molar-refractivity contribution in [2.45, 2.75) is 37.8 Å². The van der Waals surface area contributed by atoms with E-state index in [0.29, 0.717) is 24.2 Å². The Balaban J connectivity index is 1.26. The van der Waals surface area contributed by atoms with Crippen molar-refractivity contribution in [2.24, 2.45) is 0 Å². The van der Waals surface area contributed by atoms with Crippen LogP contribution in [0.5, 0.6) is 0 Å². The van der Waals surface area contributed by atoms with Crippen molar-refractivity contribution in [3.8, 4) is 6.07 Å². The van der Waals surface area contributed by atoms with Crippen LogP contribution in [0.1, 0.15) is 41.8 Å². The Morgan fingerprint density at radius 3 is 2.64 bits per heavy atom. The molecular formula is C25H28BrN5O2. The summed E-state index contributed by atoms with van der Waals surface area (Å²) in [7, 11) is 4.02. The molecule has 33 heavy (non-hydrogen) atoms. The van der Waals surface area contributed by atoms with Gasteiger partial charge in [-0.2, -0.15) is 5.26 Å². The first-order valence-electron chi connectivity index (χ1n) is 11.2. The number of aromatic nitrogens is 1. The first kappa shape index (κ1) is 23.3. The van der Waals surface area contributed by atoms with E-state index in [1.807, 2.05) is 43.4 Å². The first-order chi connectivity index (χ1) is 16.0. The van der Waals surface area contributed by atoms with Gasteiger partial charge < -0.3 is 19.5 Å². The van der Waals surface area contributed by atoms with Crippen LogP contribution in [0.15, 0.2) is 51.5 Å². The Morgan fingerprint density at radius 1 is 1.21 bits per heavy atom. The van der Waals surface area contributed by atoms with E-state index in [0.717, 1.165) is 53.5 Å². The van der Waals surface area contributed by atoms with Gasteiger partial charge in [-0.05, 0) is 60.8 Å². The summed E-state index contributed by atoms with van der Waals surface area (Å²) >= 11 is 3.61. The van der Waals surface area contributed by atoms with Gasteiger partial charge in [0.25, 0.3) is 5.91 Å². The zero-order chi connectivity index (χ0) is 23.4. The largest absolute Gasteiger partial charge is 0.444 e. The molecule has 0 atom stereocenters. The maximum absolute atomic E-state index is 12.5. The maximum Gasteiger partial charge on any atom is 0.253 e. The number of amides is 1. The van der Waals surface area contributed by atoms with E-state index in [1.165, 1.54) is 0 Å². The normalized spacial score (nSPS) is 18.3. The van der Waals surface area contributed by atoms with Crippen molar-refractivity contribution in [3.63, 3.8) is 0 Å². The Hall–Kier alpha value is -2.89. The number of halogens is 1. The van der Waals surface area contributed by atoms with Gasteiger partial charge in [-0.1, -0.05) is 18.2 Å². The van der Waals surface area contributed by atoms with Gasteiger partial charge in [0.15, 0.2) is 5.58 Å². The fourth-order valence-electron chi connectivity index (χ4n) is 4.38. The van der Waals surface area contributed by atoms with Gasteiger partial charge in [0.05, 0.1) is 10.7 Å². The second kappa shape index (κ2) is 10.4. The minimum absolute atomic E-state index is 0.0615. The van der Waals surface area contributed by atoms with Crippen LogP contribution in [0.3, 0.4) is 0 Å². The lowest BCUT2D eigenvalue weighted by Gasteiger charge is -2.36. The van der Waals surface area contributed by atoms with Crippen LogP contribution in [-0.2, 0) is 0 Å². The Kier molecular flexibility index (Phi) is 7.31. The summed E-state index contributed by atoms with van der Waals surface area (Å²) in [6, 6.07) is 14.0. The quantitative estimate of drug-likeness (QED) is 0.487. The average Bonchev–Trinajstić information content (AvgIpc) is 3.29. The summed E-state index contributed by atoms with van der Waals surface area (Å²) in [5.41, 5.74) is 1.33. The molecule has 0 radical (unpaired) electrons. The molecule has 3 aromatic rings. The highest BCUT2D eigenvalue weighted by molar-refractivity contribution is 9.10. The summed E-state index contributed by atoms with van der Waals surface area (Å²) in [5, 5.41) is 13.5. The van der Waals surface area contributed by atoms with Crippen LogP contribution in [0.4, 0.5) is 5.82 Å². The molecule has 0 unspecified atom stereocenters. The molecule has 4 rings (SSSR count). The third kappa shape index (κ3) is 5.37. The summed E-state index contributed by atoms with van der Waals surface area (Å²) in [5.74, 6) is 1.13. The zero-order valence-corrected chi connectivity index (χ0v) is 20.5. The van der Waals surface area contributed by atoms with E-state index in [2.05, 4.69) is 38.2 Å². The Labute approximate surface area is 202 Å². The van der Waals surface area contributed by atoms with Gasteiger partial charge in [0.2, 0.25) is 5.76 Å². The van der Waals surface area contributed by atoms with Crippen LogP contribution in [0.25, 0.3) is 11.0 Å². The zero-order valence-electron chi connectivity index (χ0n) is 18.9. The highest BCUT2D eigenvalue weighted by atomic mass is 79.9. The van der Waals surface area contributed by atoms with Crippen LogP contribution < -0.4 is 5.32 Å². The molecule has 1 aliphatic rings. The van der Waals surface area contributed by atoms with Gasteiger partial charge in [-0.3, -0.25) is 4.79 Å². The molecule has 1 amide bonds. The fraction of sp³-hybridized carbons (Fsp3) is 0.400. The topological polar surface area (TPSA) is 85.4 Å². The van der Waals surface area contributed by atoms with E-state index < -0.39 is 0 Å². The summed E-state index contributed by atoms with van der Waals surface area (Å²) in [6.45, 7) is 1.55. The molecule has 0 aliphatic heterocycles. The molecule has 7 nitrogen and oxygen atoms in total. The monoisotopic (exact) mass is 509 g/mol. The third-order valence-corrected chi connectivity index (χ3v) is 7.25. The second-order valence-corrected chi connectivity index (χ2v) is 9.44. The van der Waals surface area contributed by atoms with Crippen molar-refractivity contribution in [1.82, 2.24) is 14.8 Å². The Bertz CT molecular complexity index is 1150. The molecule has 2 heterocycles. The second-order valence-electron chi connectivity index (χ2n) is 8.64. The van der Waals surface area contributed by atoms with E-state index in [1.54, 1.807) is 17.2 Å². The highest BCUT2D eigenvalue weighted by Gasteiger charge is 2.25. The van der Waals surface area contributed by atoms with Gasteiger partial charge in [-0.25, -0.2) is 4.98 Å². The number of hydrogen-bond donors (Lipinski definition) is 1. The SMILES string of the molecule is CN(CCN(C)C1CCC(Nc2ncc3oc(C#N)cc3c2Br)CC1)C(=O)c1ccccc1. The number of anilines is 1. The van der Waals surface area contributed by atoms with Crippen LogP contribution in [-0.4, -0.2) is 60.0 Å². The number of nitrogens with zero attached hydrogens (tertiary/aromatic N) is 4. The lowest BCUT2D eigenvalue weighted by atomic mass is 9.90. The van der Waals surface area contributed by atoms with Crippen molar-refractivity contribution >= 4 is 38.6 Å². The molecule has 172 valence electrons. The number of nitrogens with one attached hydrogen (secondary N) is 1. The van der Waals surface area contributed by atoms with Gasteiger partial charge in [0, 0.05) is 49.2 Å². The molecule has 0 spiro atoms. The number of carbonyl (C=O) groups is 1. The lowest BCUT2D eigenvalue weighted by Crippen LogP contribution is -2.42. The summed E-state index contributed by atoms with van der Waals surface area (Å²) < 4.78 is 6.28. The molecule has 2 aromatic heterocycles. The summed E-state index contributed by atoms with van der Waals surface area (Å²) in [4.78, 5) is 21.2. The van der Waals surface area contributed by atoms with Crippen molar-refractivity contribution in [2.75, 3.05) is 32.5 Å². The van der Waals surface area contributed by atoms with Crippen molar-refractivity contribution in [3.05, 3.63) is 58.4 Å². The maximum atomic E-state index is 12.5. The number of rotatable bonds is 7. The minimum atomic E-state index is 0.0615. The van der Waals surface area contributed by atoms with Crippen LogP contribution >= 0.6 is 15.9 Å². The molecule has 1 aliphatic carbocycles. The van der Waals surface area contributed by atoms with Crippen molar-refractivity contribution < 1.29 is 9.21 Å². The van der Waals surface area contributed by atoms with Gasteiger partial charge in [-0.15, -0.1) is 0 Å². The average molecular weight is 510 g/mol. The highest BCUT2D eigenvalue weighted by Crippen LogP contribution is 2.33. The number of likely N-dealkylation sites (N-methyl/N-ethyl adjacent to an activating group) is 2. The molecular weight excluding hydrogens is 482 g/mol. The van der Waals surface area contributed by atoms with E-state index in [4.69, 9.17) is 9.68 Å². The third-order valence-electron chi connectivity index (χ3n) is 6.44. The number of fused-ring (bicyclic) bond motifs is 1. The van der Waals surface area contributed by atoms with Crippen LogP contribution in [0, 0.1) is 11.3 Å². The first-order valence-corrected chi connectivity index (χ1v) is 12.0. The molecule has 1 saturated carbocycles. The molecule has 1 N–H and O–H groups in total. The number of hydrogen-bond acceptors (Lipinski definition) is 6. The lowest BCUT2D eigenvalue weighted by molar-refractivity contribution is 0.0767. The van der Waals surface area contributed by atoms with E-state index >= 15 is 0 Å². The smallest absolute Gasteiger partial charge is 0.253 e.